The second kappa shape index (κ2) is 7.88. The van der Waals surface area contributed by atoms with Gasteiger partial charge in [0.15, 0.2) is 0 Å². The monoisotopic (exact) mass is 331 g/mol. The number of hydrogen-bond acceptors (Lipinski definition) is 3. The third-order valence-corrected chi connectivity index (χ3v) is 5.08. The van der Waals surface area contributed by atoms with Gasteiger partial charge in [0.2, 0.25) is 0 Å². The van der Waals surface area contributed by atoms with Crippen LogP contribution in [-0.2, 0) is 4.74 Å². The largest absolute Gasteiger partial charge is 0.381 e. The summed E-state index contributed by atoms with van der Waals surface area (Å²) in [4.78, 5) is 16.6. The van der Waals surface area contributed by atoms with Crippen LogP contribution >= 0.6 is 0 Å². The van der Waals surface area contributed by atoms with Crippen molar-refractivity contribution in [1.82, 2.24) is 10.2 Å². The van der Waals surface area contributed by atoms with E-state index in [4.69, 9.17) is 4.74 Å². The molecule has 1 N–H and O–H groups in total. The Bertz CT molecular complexity index is 551. The third kappa shape index (κ3) is 4.20. The molecule has 5 heteroatoms. The second-order valence-electron chi connectivity index (χ2n) is 7.07. The molecule has 1 aromatic rings. The van der Waals surface area contributed by atoms with E-state index in [2.05, 4.69) is 34.5 Å². The Morgan fingerprint density at radius 3 is 2.92 bits per heavy atom. The molecular formula is C19H29N3O2. The minimum atomic E-state index is -0.0130. The molecule has 2 saturated heterocycles. The predicted octanol–water partition coefficient (Wildman–Crippen LogP) is 3.03. The van der Waals surface area contributed by atoms with Crippen LogP contribution in [0.2, 0.25) is 0 Å². The van der Waals surface area contributed by atoms with Crippen molar-refractivity contribution in [2.75, 3.05) is 44.8 Å². The maximum Gasteiger partial charge on any atom is 0.317 e. The van der Waals surface area contributed by atoms with Crippen molar-refractivity contribution in [1.29, 1.82) is 0 Å². The molecule has 132 valence electrons. The standard InChI is InChI=1S/C19H29N3O2/c1-15(20-19(23)21(2)13-16-8-11-24-14-16)17-6-5-7-18(12-17)22-9-3-4-10-22/h5-7,12,15-16H,3-4,8-11,13-14H2,1-2H3,(H,20,23). The van der Waals surface area contributed by atoms with Gasteiger partial charge in [-0.25, -0.2) is 4.79 Å². The van der Waals surface area contributed by atoms with Crippen LogP contribution in [0.15, 0.2) is 24.3 Å². The molecule has 0 saturated carbocycles. The lowest BCUT2D eigenvalue weighted by Gasteiger charge is -2.24. The normalized spacial score (nSPS) is 21.8. The molecule has 2 atom stereocenters. The van der Waals surface area contributed by atoms with Crippen LogP contribution in [0.1, 0.15) is 37.8 Å². The van der Waals surface area contributed by atoms with Gasteiger partial charge in [0.1, 0.15) is 0 Å². The van der Waals surface area contributed by atoms with Gasteiger partial charge >= 0.3 is 6.03 Å². The van der Waals surface area contributed by atoms with Crippen molar-refractivity contribution in [3.63, 3.8) is 0 Å². The highest BCUT2D eigenvalue weighted by atomic mass is 16.5. The van der Waals surface area contributed by atoms with Gasteiger partial charge in [-0.2, -0.15) is 0 Å². The summed E-state index contributed by atoms with van der Waals surface area (Å²) in [5, 5.41) is 3.12. The van der Waals surface area contributed by atoms with Crippen LogP contribution in [0, 0.1) is 5.92 Å². The molecule has 2 amide bonds. The number of rotatable bonds is 5. The Hall–Kier alpha value is -1.75. The first-order chi connectivity index (χ1) is 11.6. The number of carbonyl (C=O) groups is 1. The number of benzene rings is 1. The lowest BCUT2D eigenvalue weighted by Crippen LogP contribution is -2.41. The Morgan fingerprint density at radius 2 is 2.21 bits per heavy atom. The van der Waals surface area contributed by atoms with E-state index in [9.17, 15) is 4.79 Å². The van der Waals surface area contributed by atoms with Crippen molar-refractivity contribution in [3.05, 3.63) is 29.8 Å². The molecule has 2 fully saturated rings. The highest BCUT2D eigenvalue weighted by Crippen LogP contribution is 2.24. The van der Waals surface area contributed by atoms with Crippen LogP contribution in [0.4, 0.5) is 10.5 Å². The van der Waals surface area contributed by atoms with Gasteiger partial charge in [-0.05, 0) is 43.9 Å². The van der Waals surface area contributed by atoms with Gasteiger partial charge in [0, 0.05) is 44.9 Å². The number of nitrogens with one attached hydrogen (secondary N) is 1. The summed E-state index contributed by atoms with van der Waals surface area (Å²) in [6, 6.07) is 8.54. The minimum Gasteiger partial charge on any atom is -0.381 e. The van der Waals surface area contributed by atoms with E-state index in [1.165, 1.54) is 18.5 Å². The molecule has 0 aromatic heterocycles. The minimum absolute atomic E-state index is 0.00216. The number of ether oxygens (including phenoxy) is 1. The van der Waals surface area contributed by atoms with Gasteiger partial charge in [-0.3, -0.25) is 0 Å². The summed E-state index contributed by atoms with van der Waals surface area (Å²) in [5.41, 5.74) is 2.42. The van der Waals surface area contributed by atoms with Crippen molar-refractivity contribution < 1.29 is 9.53 Å². The first-order valence-electron chi connectivity index (χ1n) is 9.08. The third-order valence-electron chi connectivity index (χ3n) is 5.08. The molecule has 0 spiro atoms. The van der Waals surface area contributed by atoms with E-state index in [1.54, 1.807) is 4.90 Å². The van der Waals surface area contributed by atoms with Crippen LogP contribution in [0.3, 0.4) is 0 Å². The topological polar surface area (TPSA) is 44.8 Å². The molecule has 0 aliphatic carbocycles. The molecule has 2 aliphatic heterocycles. The maximum absolute atomic E-state index is 12.4. The van der Waals surface area contributed by atoms with E-state index < -0.39 is 0 Å². The molecule has 5 nitrogen and oxygen atoms in total. The fourth-order valence-corrected chi connectivity index (χ4v) is 3.54. The van der Waals surface area contributed by atoms with Crippen molar-refractivity contribution in [3.8, 4) is 0 Å². The van der Waals surface area contributed by atoms with Crippen LogP contribution in [0.5, 0.6) is 0 Å². The van der Waals surface area contributed by atoms with Crippen molar-refractivity contribution in [2.45, 2.75) is 32.2 Å². The fourth-order valence-electron chi connectivity index (χ4n) is 3.54. The Kier molecular flexibility index (Phi) is 5.61. The fraction of sp³-hybridized carbons (Fsp3) is 0.632. The van der Waals surface area contributed by atoms with E-state index in [0.717, 1.165) is 44.8 Å². The Morgan fingerprint density at radius 1 is 1.42 bits per heavy atom. The van der Waals surface area contributed by atoms with E-state index >= 15 is 0 Å². The summed E-state index contributed by atoms with van der Waals surface area (Å²) < 4.78 is 5.39. The average Bonchev–Trinajstić information content (AvgIpc) is 3.28. The predicted molar refractivity (Wildman–Crippen MR) is 96.4 cm³/mol. The van der Waals surface area contributed by atoms with Crippen molar-refractivity contribution in [2.24, 2.45) is 5.92 Å². The van der Waals surface area contributed by atoms with Crippen LogP contribution in [0.25, 0.3) is 0 Å². The van der Waals surface area contributed by atoms with Gasteiger partial charge < -0.3 is 19.9 Å². The summed E-state index contributed by atoms with van der Waals surface area (Å²) >= 11 is 0. The van der Waals surface area contributed by atoms with Crippen molar-refractivity contribution >= 4 is 11.7 Å². The number of urea groups is 1. The number of anilines is 1. The quantitative estimate of drug-likeness (QED) is 0.902. The Balaban J connectivity index is 1.56. The summed E-state index contributed by atoms with van der Waals surface area (Å²) in [7, 11) is 1.86. The van der Waals surface area contributed by atoms with Gasteiger partial charge in [0.05, 0.1) is 12.6 Å². The molecule has 1 aromatic carbocycles. The lowest BCUT2D eigenvalue weighted by molar-refractivity contribution is 0.170. The summed E-state index contributed by atoms with van der Waals surface area (Å²) in [5.74, 6) is 0.467. The lowest BCUT2D eigenvalue weighted by atomic mass is 10.1. The zero-order valence-electron chi connectivity index (χ0n) is 14.8. The number of amides is 2. The second-order valence-corrected chi connectivity index (χ2v) is 7.07. The molecule has 0 bridgehead atoms. The zero-order chi connectivity index (χ0) is 16.9. The average molecular weight is 331 g/mol. The van der Waals surface area contributed by atoms with Gasteiger partial charge in [0.25, 0.3) is 0 Å². The molecule has 0 radical (unpaired) electrons. The molecule has 24 heavy (non-hydrogen) atoms. The Labute approximate surface area is 145 Å². The smallest absolute Gasteiger partial charge is 0.317 e. The molecular weight excluding hydrogens is 302 g/mol. The highest BCUT2D eigenvalue weighted by molar-refractivity contribution is 5.74. The van der Waals surface area contributed by atoms with Crippen LogP contribution in [-0.4, -0.2) is 50.8 Å². The number of nitrogens with zero attached hydrogens (tertiary/aromatic N) is 2. The molecule has 2 unspecified atom stereocenters. The van der Waals surface area contributed by atoms with Gasteiger partial charge in [-0.15, -0.1) is 0 Å². The maximum atomic E-state index is 12.4. The molecule has 2 heterocycles. The first-order valence-corrected chi connectivity index (χ1v) is 9.08. The number of carbonyl (C=O) groups excluding carboxylic acids is 1. The summed E-state index contributed by atoms with van der Waals surface area (Å²) in [6.45, 7) is 6.66. The summed E-state index contributed by atoms with van der Waals surface area (Å²) in [6.07, 6.45) is 3.59. The van der Waals surface area contributed by atoms with E-state index in [0.29, 0.717) is 5.92 Å². The number of hydrogen-bond donors (Lipinski definition) is 1. The van der Waals surface area contributed by atoms with Gasteiger partial charge in [-0.1, -0.05) is 12.1 Å². The molecule has 2 aliphatic rings. The first kappa shape index (κ1) is 17.1. The molecule has 3 rings (SSSR count). The van der Waals surface area contributed by atoms with E-state index in [1.807, 2.05) is 14.0 Å². The SMILES string of the molecule is CC(NC(=O)N(C)CC1CCOC1)c1cccc(N2CCCC2)c1. The zero-order valence-corrected chi connectivity index (χ0v) is 14.8. The van der Waals surface area contributed by atoms with E-state index in [-0.39, 0.29) is 12.1 Å². The van der Waals surface area contributed by atoms with Crippen LogP contribution < -0.4 is 10.2 Å². The highest BCUT2D eigenvalue weighted by Gasteiger charge is 2.21.